The molecule has 0 spiro atoms. The van der Waals surface area contributed by atoms with Crippen molar-refractivity contribution in [3.63, 3.8) is 0 Å². The van der Waals surface area contributed by atoms with Crippen LogP contribution >= 0.6 is 0 Å². The summed E-state index contributed by atoms with van der Waals surface area (Å²) >= 11 is 0. The minimum Gasteiger partial charge on any atom is -0.490 e. The molecule has 0 radical (unpaired) electrons. The van der Waals surface area contributed by atoms with Gasteiger partial charge in [-0.15, -0.1) is 0 Å². The predicted octanol–water partition coefficient (Wildman–Crippen LogP) is 5.59. The second-order valence-electron chi connectivity index (χ2n) is 9.64. The minimum absolute atomic E-state index is 0.655. The highest BCUT2D eigenvalue weighted by molar-refractivity contribution is 7.19. The highest BCUT2D eigenvalue weighted by Gasteiger charge is 2.41. The first-order chi connectivity index (χ1) is 20.3. The van der Waals surface area contributed by atoms with Crippen LogP contribution in [-0.4, -0.2) is 15.4 Å². The van der Waals surface area contributed by atoms with E-state index in [9.17, 15) is 0 Å². The van der Waals surface area contributed by atoms with Crippen LogP contribution in [0.25, 0.3) is 0 Å². The molecule has 41 heavy (non-hydrogen) atoms. The Kier molecular flexibility index (Phi) is 7.97. The van der Waals surface area contributed by atoms with Crippen LogP contribution in [0.2, 0.25) is 0 Å². The quantitative estimate of drug-likeness (QED) is 0.165. The van der Waals surface area contributed by atoms with Crippen LogP contribution in [0.5, 0.6) is 17.2 Å². The Bertz CT molecular complexity index is 1500. The second kappa shape index (κ2) is 12.5. The average molecular weight is 549 g/mol. The molecule has 6 rings (SSSR count). The van der Waals surface area contributed by atoms with Gasteiger partial charge in [0.05, 0.1) is 0 Å². The lowest BCUT2D eigenvalue weighted by atomic mass is 10.2. The van der Waals surface area contributed by atoms with Gasteiger partial charge in [0.25, 0.3) is 0 Å². The third-order valence-corrected chi connectivity index (χ3v) is 11.9. The van der Waals surface area contributed by atoms with E-state index in [4.69, 9.17) is 14.0 Å². The topological polar surface area (TPSA) is 27.7 Å². The first kappa shape index (κ1) is 26.2. The molecule has 5 heteroatoms. The lowest BCUT2D eigenvalue weighted by Crippen LogP contribution is -2.74. The monoisotopic (exact) mass is 548 g/mol. The van der Waals surface area contributed by atoms with Crippen LogP contribution in [-0.2, 0) is 0 Å². The SMILES string of the molecule is c1ccc(OB(Oc2ccccc2)Oc2ccc([Si](c3ccccc3)(c3ccccc3)c3ccccc3)cc2)cc1. The van der Waals surface area contributed by atoms with Crippen molar-refractivity contribution in [3.05, 3.63) is 176 Å². The van der Waals surface area contributed by atoms with Gasteiger partial charge in [0, 0.05) is 0 Å². The van der Waals surface area contributed by atoms with E-state index in [1.54, 1.807) is 0 Å². The van der Waals surface area contributed by atoms with Crippen molar-refractivity contribution in [3.8, 4) is 17.2 Å². The fraction of sp³-hybridized carbons (Fsp3) is 0. The van der Waals surface area contributed by atoms with Crippen LogP contribution in [0.4, 0.5) is 0 Å². The van der Waals surface area contributed by atoms with E-state index >= 15 is 0 Å². The molecule has 198 valence electrons. The molecule has 6 aromatic rings. The maximum absolute atomic E-state index is 6.28. The van der Waals surface area contributed by atoms with E-state index in [-0.39, 0.29) is 0 Å². The van der Waals surface area contributed by atoms with Gasteiger partial charge in [0.1, 0.15) is 17.2 Å². The van der Waals surface area contributed by atoms with E-state index in [0.717, 1.165) is 0 Å². The zero-order chi connectivity index (χ0) is 27.7. The molecule has 0 bridgehead atoms. The molecule has 0 fully saturated rings. The molecule has 0 saturated heterocycles. The van der Waals surface area contributed by atoms with Gasteiger partial charge in [-0.25, -0.2) is 0 Å². The van der Waals surface area contributed by atoms with Crippen molar-refractivity contribution in [2.75, 3.05) is 0 Å². The fourth-order valence-electron chi connectivity index (χ4n) is 5.25. The molecule has 0 amide bonds. The van der Waals surface area contributed by atoms with Crippen LogP contribution in [0.1, 0.15) is 0 Å². The first-order valence-electron chi connectivity index (χ1n) is 13.7. The molecule has 0 aromatic heterocycles. The van der Waals surface area contributed by atoms with Crippen LogP contribution in [0.15, 0.2) is 176 Å². The van der Waals surface area contributed by atoms with E-state index in [1.165, 1.54) is 20.7 Å². The Morgan fingerprint density at radius 1 is 0.293 bits per heavy atom. The molecule has 0 N–H and O–H groups in total. The number of benzene rings is 6. The summed E-state index contributed by atoms with van der Waals surface area (Å²) in [6, 6.07) is 60.1. The van der Waals surface area contributed by atoms with E-state index in [2.05, 4.69) is 103 Å². The number of rotatable bonds is 10. The zero-order valence-corrected chi connectivity index (χ0v) is 23.5. The Morgan fingerprint density at radius 3 is 0.902 bits per heavy atom. The van der Waals surface area contributed by atoms with E-state index in [1.807, 2.05) is 72.8 Å². The fourth-order valence-corrected chi connectivity index (χ4v) is 10.00. The number of para-hydroxylation sites is 2. The van der Waals surface area contributed by atoms with Crippen molar-refractivity contribution in [2.45, 2.75) is 0 Å². The van der Waals surface area contributed by atoms with Gasteiger partial charge in [-0.05, 0) is 57.1 Å². The molecule has 6 aromatic carbocycles. The van der Waals surface area contributed by atoms with E-state index in [0.29, 0.717) is 17.2 Å². The van der Waals surface area contributed by atoms with Crippen molar-refractivity contribution in [2.24, 2.45) is 0 Å². The minimum atomic E-state index is -2.60. The molecular weight excluding hydrogens is 519 g/mol. The lowest BCUT2D eigenvalue weighted by molar-refractivity contribution is 0.307. The first-order valence-corrected chi connectivity index (χ1v) is 15.7. The van der Waals surface area contributed by atoms with Gasteiger partial charge >= 0.3 is 7.32 Å². The van der Waals surface area contributed by atoms with Crippen molar-refractivity contribution in [1.82, 2.24) is 0 Å². The normalized spacial score (nSPS) is 10.9. The Morgan fingerprint density at radius 2 is 0.561 bits per heavy atom. The summed E-state index contributed by atoms with van der Waals surface area (Å²) < 4.78 is 18.5. The predicted molar refractivity (Wildman–Crippen MR) is 171 cm³/mol. The molecule has 0 aliphatic rings. The zero-order valence-electron chi connectivity index (χ0n) is 22.5. The van der Waals surface area contributed by atoms with Gasteiger partial charge in [0.15, 0.2) is 8.07 Å². The van der Waals surface area contributed by atoms with Crippen molar-refractivity contribution < 1.29 is 14.0 Å². The Hall–Kier alpha value is -5.00. The number of hydrogen-bond donors (Lipinski definition) is 0. The highest BCUT2D eigenvalue weighted by Crippen LogP contribution is 2.19. The van der Waals surface area contributed by atoms with Crippen LogP contribution < -0.4 is 34.7 Å². The molecule has 0 saturated carbocycles. The smallest absolute Gasteiger partial charge is 0.490 e. The van der Waals surface area contributed by atoms with E-state index < -0.39 is 15.4 Å². The van der Waals surface area contributed by atoms with Gasteiger partial charge < -0.3 is 14.0 Å². The molecular formula is C36H29BO3Si. The maximum Gasteiger partial charge on any atom is 0.864 e. The second-order valence-corrected chi connectivity index (χ2v) is 13.5. The average Bonchev–Trinajstić information content (AvgIpc) is 3.05. The molecule has 3 nitrogen and oxygen atoms in total. The summed E-state index contributed by atoms with van der Waals surface area (Å²) in [4.78, 5) is 0. The summed E-state index contributed by atoms with van der Waals surface area (Å²) in [7, 11) is -3.57. The molecule has 0 aliphatic carbocycles. The Labute approximate surface area is 242 Å². The van der Waals surface area contributed by atoms with Gasteiger partial charge in [-0.2, -0.15) is 0 Å². The van der Waals surface area contributed by atoms with Crippen molar-refractivity contribution in [1.29, 1.82) is 0 Å². The summed E-state index contributed by atoms with van der Waals surface area (Å²) in [6.45, 7) is 0. The number of hydrogen-bond acceptors (Lipinski definition) is 3. The standard InChI is InChI=1S/C36H29BO3Si/c1-6-16-30(17-7-1)38-37(39-31-18-8-2-9-19-31)40-32-26-28-36(29-27-32)41(33-20-10-3-11-21-33,34-22-12-4-13-23-34)35-24-14-5-15-25-35/h1-29H. The lowest BCUT2D eigenvalue weighted by Gasteiger charge is -2.34. The van der Waals surface area contributed by atoms with Gasteiger partial charge in [-0.1, -0.05) is 140 Å². The molecule has 0 heterocycles. The summed E-state index contributed by atoms with van der Waals surface area (Å²) in [5, 5.41) is 5.23. The molecule has 0 aliphatic heterocycles. The summed E-state index contributed by atoms with van der Waals surface area (Å²) in [5.74, 6) is 1.98. The summed E-state index contributed by atoms with van der Waals surface area (Å²) in [5.41, 5.74) is 0. The molecule has 0 unspecified atom stereocenters. The molecule has 0 atom stereocenters. The third kappa shape index (κ3) is 5.81. The van der Waals surface area contributed by atoms with Gasteiger partial charge in [0.2, 0.25) is 0 Å². The third-order valence-electron chi connectivity index (χ3n) is 7.09. The van der Waals surface area contributed by atoms with Crippen LogP contribution in [0, 0.1) is 0 Å². The maximum atomic E-state index is 6.28. The largest absolute Gasteiger partial charge is 0.864 e. The van der Waals surface area contributed by atoms with Crippen molar-refractivity contribution >= 4 is 36.1 Å². The highest BCUT2D eigenvalue weighted by atomic mass is 28.3. The summed E-state index contributed by atoms with van der Waals surface area (Å²) in [6.07, 6.45) is 0. The Balaban J connectivity index is 1.39. The van der Waals surface area contributed by atoms with Gasteiger partial charge in [-0.3, -0.25) is 0 Å². The van der Waals surface area contributed by atoms with Crippen LogP contribution in [0.3, 0.4) is 0 Å².